The average Bonchev–Trinajstić information content (AvgIpc) is 2.40. The molecule has 0 fully saturated rings. The van der Waals surface area contributed by atoms with E-state index in [1.165, 1.54) is 6.20 Å². The molecular weight excluding hydrogens is 244 g/mol. The van der Waals surface area contributed by atoms with Gasteiger partial charge in [-0.2, -0.15) is 10.4 Å². The first kappa shape index (κ1) is 12.3. The zero-order valence-corrected chi connectivity index (χ0v) is 9.77. The molecule has 0 aliphatic rings. The Labute approximate surface area is 107 Å². The van der Waals surface area contributed by atoms with Crippen LogP contribution in [0.25, 0.3) is 10.8 Å². The van der Waals surface area contributed by atoms with Gasteiger partial charge in [-0.15, -0.1) is 0 Å². The van der Waals surface area contributed by atoms with Crippen molar-refractivity contribution in [2.75, 3.05) is 5.43 Å². The Balaban J connectivity index is 2.48. The van der Waals surface area contributed by atoms with Gasteiger partial charge in [0.25, 0.3) is 5.56 Å². The van der Waals surface area contributed by atoms with Crippen molar-refractivity contribution < 1.29 is 0 Å². The summed E-state index contributed by atoms with van der Waals surface area (Å²) in [6.07, 6.45) is 1.52. The molecule has 0 bridgehead atoms. The van der Waals surface area contributed by atoms with E-state index < -0.39 is 5.84 Å². The minimum Gasteiger partial charge on any atom is -0.382 e. The molecule has 7 nitrogen and oxygen atoms in total. The lowest BCUT2D eigenvalue weighted by atomic mass is 10.1. The second-order valence-electron chi connectivity index (χ2n) is 3.67. The highest BCUT2D eigenvalue weighted by molar-refractivity contribution is 6.45. The summed E-state index contributed by atoms with van der Waals surface area (Å²) in [6, 6.07) is 8.50. The van der Waals surface area contributed by atoms with E-state index in [0.717, 1.165) is 0 Å². The van der Waals surface area contributed by atoms with Crippen molar-refractivity contribution in [1.29, 1.82) is 10.7 Å². The van der Waals surface area contributed by atoms with E-state index in [1.807, 2.05) is 0 Å². The molecule has 0 amide bonds. The Morgan fingerprint density at radius 1 is 1.42 bits per heavy atom. The van der Waals surface area contributed by atoms with Crippen molar-refractivity contribution in [2.45, 2.75) is 0 Å². The van der Waals surface area contributed by atoms with Crippen LogP contribution in [0.1, 0.15) is 0 Å². The van der Waals surface area contributed by atoms with Crippen LogP contribution in [0.4, 0.5) is 5.69 Å². The molecule has 19 heavy (non-hydrogen) atoms. The van der Waals surface area contributed by atoms with Gasteiger partial charge in [0.2, 0.25) is 5.71 Å². The van der Waals surface area contributed by atoms with E-state index in [9.17, 15) is 4.79 Å². The van der Waals surface area contributed by atoms with Gasteiger partial charge >= 0.3 is 0 Å². The van der Waals surface area contributed by atoms with Crippen molar-refractivity contribution in [2.24, 2.45) is 10.8 Å². The molecule has 5 N–H and O–H groups in total. The monoisotopic (exact) mass is 254 g/mol. The molecule has 0 spiro atoms. The number of fused-ring (bicyclic) bond motifs is 1. The number of hydrazone groups is 1. The molecule has 1 aromatic carbocycles. The van der Waals surface area contributed by atoms with Gasteiger partial charge in [-0.3, -0.25) is 15.6 Å². The summed E-state index contributed by atoms with van der Waals surface area (Å²) in [5.74, 6) is -0.423. The summed E-state index contributed by atoms with van der Waals surface area (Å²) in [6.45, 7) is 0. The number of aromatic nitrogens is 1. The largest absolute Gasteiger partial charge is 0.382 e. The summed E-state index contributed by atoms with van der Waals surface area (Å²) in [4.78, 5) is 14.2. The Hall–Kier alpha value is -3.14. The van der Waals surface area contributed by atoms with Gasteiger partial charge < -0.3 is 10.7 Å². The molecule has 1 aromatic heterocycles. The lowest BCUT2D eigenvalue weighted by Gasteiger charge is -2.05. The number of hydrogen-bond acceptors (Lipinski definition) is 5. The van der Waals surface area contributed by atoms with Gasteiger partial charge in [-0.05, 0) is 18.2 Å². The van der Waals surface area contributed by atoms with Crippen LogP contribution in [0.3, 0.4) is 0 Å². The highest BCUT2D eigenvalue weighted by Gasteiger charge is 2.04. The molecular formula is C12H10N6O. The first-order valence-corrected chi connectivity index (χ1v) is 5.32. The van der Waals surface area contributed by atoms with Crippen LogP contribution < -0.4 is 16.7 Å². The number of rotatable bonds is 3. The normalized spacial score (nSPS) is 11.0. The van der Waals surface area contributed by atoms with Crippen molar-refractivity contribution in [3.05, 3.63) is 40.8 Å². The van der Waals surface area contributed by atoms with Gasteiger partial charge in [-0.25, -0.2) is 0 Å². The Bertz CT molecular complexity index is 768. The molecule has 0 aliphatic heterocycles. The topological polar surface area (TPSA) is 131 Å². The van der Waals surface area contributed by atoms with Crippen LogP contribution in [-0.2, 0) is 0 Å². The number of nitrogens with zero attached hydrogens (tertiary/aromatic N) is 2. The van der Waals surface area contributed by atoms with E-state index in [0.29, 0.717) is 16.5 Å². The quantitative estimate of drug-likeness (QED) is 0.365. The fourth-order valence-electron chi connectivity index (χ4n) is 1.58. The number of nitriles is 1. The second kappa shape index (κ2) is 5.01. The third-order valence-corrected chi connectivity index (χ3v) is 2.46. The van der Waals surface area contributed by atoms with E-state index in [1.54, 1.807) is 30.3 Å². The van der Waals surface area contributed by atoms with Gasteiger partial charge in [0, 0.05) is 17.0 Å². The minimum atomic E-state index is -0.423. The predicted molar refractivity (Wildman–Crippen MR) is 73.2 cm³/mol. The standard InChI is InChI=1S/C12H10N6O/c13-6-10(11(14)15)18-17-9-3-1-2-8-7(9)4-5-16-12(8)19/h1-5,17H,(H3,14,15)(H,16,19)/b18-10+. The van der Waals surface area contributed by atoms with Crippen LogP contribution >= 0.6 is 0 Å². The lowest BCUT2D eigenvalue weighted by molar-refractivity contribution is 1.27. The number of aromatic amines is 1. The number of anilines is 1. The smallest absolute Gasteiger partial charge is 0.255 e. The predicted octanol–water partition coefficient (Wildman–Crippen LogP) is 0.756. The molecule has 0 saturated carbocycles. The molecule has 0 radical (unpaired) electrons. The van der Waals surface area contributed by atoms with Crippen LogP contribution in [0, 0.1) is 16.7 Å². The minimum absolute atomic E-state index is 0.211. The molecule has 94 valence electrons. The Morgan fingerprint density at radius 3 is 2.89 bits per heavy atom. The van der Waals surface area contributed by atoms with Gasteiger partial charge in [0.1, 0.15) is 6.07 Å². The highest BCUT2D eigenvalue weighted by atomic mass is 16.1. The van der Waals surface area contributed by atoms with E-state index in [-0.39, 0.29) is 11.3 Å². The third kappa shape index (κ3) is 2.42. The van der Waals surface area contributed by atoms with Crippen LogP contribution in [0.5, 0.6) is 0 Å². The molecule has 2 aromatic rings. The zero-order valence-electron chi connectivity index (χ0n) is 9.77. The van der Waals surface area contributed by atoms with E-state index in [4.69, 9.17) is 16.4 Å². The maximum Gasteiger partial charge on any atom is 0.255 e. The number of H-pyrrole nitrogens is 1. The van der Waals surface area contributed by atoms with Crippen molar-refractivity contribution in [1.82, 2.24) is 4.98 Å². The lowest BCUT2D eigenvalue weighted by Crippen LogP contribution is -2.21. The number of nitrogens with two attached hydrogens (primary N) is 1. The summed E-state index contributed by atoms with van der Waals surface area (Å²) in [7, 11) is 0. The van der Waals surface area contributed by atoms with Gasteiger partial charge in [0.05, 0.1) is 5.69 Å². The van der Waals surface area contributed by atoms with Crippen molar-refractivity contribution in [3.63, 3.8) is 0 Å². The fourth-order valence-corrected chi connectivity index (χ4v) is 1.58. The molecule has 0 atom stereocenters. The first-order valence-electron chi connectivity index (χ1n) is 5.32. The van der Waals surface area contributed by atoms with Crippen molar-refractivity contribution in [3.8, 4) is 6.07 Å². The van der Waals surface area contributed by atoms with Crippen LogP contribution in [0.2, 0.25) is 0 Å². The Morgan fingerprint density at radius 2 is 2.21 bits per heavy atom. The average molecular weight is 254 g/mol. The summed E-state index contributed by atoms with van der Waals surface area (Å²) < 4.78 is 0. The second-order valence-corrected chi connectivity index (χ2v) is 3.67. The van der Waals surface area contributed by atoms with Crippen LogP contribution in [0.15, 0.2) is 40.4 Å². The number of amidine groups is 1. The van der Waals surface area contributed by atoms with Gasteiger partial charge in [-0.1, -0.05) is 6.07 Å². The summed E-state index contributed by atoms with van der Waals surface area (Å²) in [5.41, 5.74) is 7.94. The Kier molecular flexibility index (Phi) is 3.25. The van der Waals surface area contributed by atoms with Gasteiger partial charge in [0.15, 0.2) is 5.84 Å². The molecule has 2 rings (SSSR count). The maximum atomic E-state index is 11.6. The van der Waals surface area contributed by atoms with E-state index >= 15 is 0 Å². The first-order chi connectivity index (χ1) is 9.13. The SMILES string of the molecule is N#C/C(=N\Nc1cccc2c(=O)[nH]ccc12)C(=N)N. The summed E-state index contributed by atoms with van der Waals surface area (Å²) in [5, 5.41) is 20.8. The van der Waals surface area contributed by atoms with E-state index in [2.05, 4.69) is 15.5 Å². The zero-order chi connectivity index (χ0) is 13.8. The number of benzene rings is 1. The molecule has 7 heteroatoms. The van der Waals surface area contributed by atoms with Crippen molar-refractivity contribution >= 4 is 28.0 Å². The maximum absolute atomic E-state index is 11.6. The fraction of sp³-hybridized carbons (Fsp3) is 0. The number of hydrogen-bond donors (Lipinski definition) is 4. The molecule has 1 heterocycles. The summed E-state index contributed by atoms with van der Waals surface area (Å²) >= 11 is 0. The molecule has 0 aliphatic carbocycles. The molecule has 0 unspecified atom stereocenters. The molecule has 0 saturated heterocycles. The number of nitrogens with one attached hydrogen (secondary N) is 3. The number of pyridine rings is 1. The third-order valence-electron chi connectivity index (χ3n) is 2.46. The highest BCUT2D eigenvalue weighted by Crippen LogP contribution is 2.19. The van der Waals surface area contributed by atoms with Crippen LogP contribution in [-0.4, -0.2) is 16.5 Å².